The predicted octanol–water partition coefficient (Wildman–Crippen LogP) is 4.11. The first kappa shape index (κ1) is 16.6. The molecule has 1 fully saturated rings. The SMILES string of the molecule is CCCCC(CC)ON1C(C)(C)CC(=O)CC1(C)C. The van der Waals surface area contributed by atoms with Gasteiger partial charge in [-0.05, 0) is 40.5 Å². The molecular weight excluding hydrogens is 238 g/mol. The number of nitrogens with zero attached hydrogens (tertiary/aromatic N) is 1. The molecule has 1 aliphatic rings. The van der Waals surface area contributed by atoms with E-state index in [2.05, 4.69) is 46.6 Å². The van der Waals surface area contributed by atoms with Gasteiger partial charge >= 0.3 is 0 Å². The molecule has 3 nitrogen and oxygen atoms in total. The summed E-state index contributed by atoms with van der Waals surface area (Å²) in [5, 5.41) is 2.10. The number of carbonyl (C=O) groups excluding carboxylic acids is 1. The maximum atomic E-state index is 11.9. The first-order chi connectivity index (χ1) is 8.73. The Morgan fingerprint density at radius 1 is 1.16 bits per heavy atom. The van der Waals surface area contributed by atoms with E-state index < -0.39 is 0 Å². The second-order valence-corrected chi connectivity index (χ2v) is 7.09. The average molecular weight is 269 g/mol. The molecule has 1 saturated heterocycles. The zero-order chi connectivity index (χ0) is 14.7. The van der Waals surface area contributed by atoms with Crippen LogP contribution in [0.4, 0.5) is 0 Å². The highest BCUT2D eigenvalue weighted by molar-refractivity contribution is 5.81. The lowest BCUT2D eigenvalue weighted by Crippen LogP contribution is -2.61. The van der Waals surface area contributed by atoms with Crippen LogP contribution in [-0.2, 0) is 9.63 Å². The molecule has 1 rings (SSSR count). The second kappa shape index (κ2) is 6.36. The molecule has 0 aliphatic carbocycles. The van der Waals surface area contributed by atoms with Crippen molar-refractivity contribution in [3.05, 3.63) is 0 Å². The number of Topliss-reactive ketones (excluding diaryl/α,β-unsaturated/α-hetero) is 1. The molecule has 0 N–H and O–H groups in total. The van der Waals surface area contributed by atoms with Crippen molar-refractivity contribution in [2.45, 2.75) is 97.2 Å². The van der Waals surface area contributed by atoms with Gasteiger partial charge in [0.2, 0.25) is 0 Å². The maximum Gasteiger partial charge on any atom is 0.136 e. The fourth-order valence-electron chi connectivity index (χ4n) is 3.19. The largest absolute Gasteiger partial charge is 0.300 e. The number of carbonyl (C=O) groups is 1. The smallest absolute Gasteiger partial charge is 0.136 e. The van der Waals surface area contributed by atoms with Crippen LogP contribution in [0.15, 0.2) is 0 Å². The normalized spacial score (nSPS) is 24.4. The van der Waals surface area contributed by atoms with Crippen LogP contribution in [0.5, 0.6) is 0 Å². The fourth-order valence-corrected chi connectivity index (χ4v) is 3.19. The molecule has 0 radical (unpaired) electrons. The average Bonchev–Trinajstić information content (AvgIpc) is 2.25. The van der Waals surface area contributed by atoms with Gasteiger partial charge in [0.15, 0.2) is 0 Å². The Bertz CT molecular complexity index is 290. The van der Waals surface area contributed by atoms with Crippen molar-refractivity contribution in [2.75, 3.05) is 0 Å². The molecule has 0 aromatic carbocycles. The number of hydrogen-bond acceptors (Lipinski definition) is 3. The Morgan fingerprint density at radius 3 is 2.11 bits per heavy atom. The number of hydrogen-bond donors (Lipinski definition) is 0. The lowest BCUT2D eigenvalue weighted by molar-refractivity contribution is -0.300. The third kappa shape index (κ3) is 4.28. The Hall–Kier alpha value is -0.410. The molecule has 0 amide bonds. The van der Waals surface area contributed by atoms with Gasteiger partial charge in [0, 0.05) is 23.9 Å². The van der Waals surface area contributed by atoms with E-state index in [0.29, 0.717) is 18.6 Å². The summed E-state index contributed by atoms with van der Waals surface area (Å²) in [4.78, 5) is 18.2. The maximum absolute atomic E-state index is 11.9. The standard InChI is InChI=1S/C16H31NO2/c1-7-9-10-14(8-2)19-17-15(3,4)11-13(18)12-16(17,5)6/h14H,7-12H2,1-6H3. The minimum absolute atomic E-state index is 0.210. The quantitative estimate of drug-likeness (QED) is 0.727. The molecule has 0 spiro atoms. The third-order valence-corrected chi connectivity index (χ3v) is 3.95. The van der Waals surface area contributed by atoms with Crippen molar-refractivity contribution in [3.8, 4) is 0 Å². The van der Waals surface area contributed by atoms with Crippen molar-refractivity contribution >= 4 is 5.78 Å². The van der Waals surface area contributed by atoms with Gasteiger partial charge in [-0.3, -0.25) is 9.63 Å². The van der Waals surface area contributed by atoms with Crippen molar-refractivity contribution in [1.82, 2.24) is 5.06 Å². The molecule has 0 aromatic heterocycles. The molecule has 19 heavy (non-hydrogen) atoms. The highest BCUT2D eigenvalue weighted by Crippen LogP contribution is 2.37. The molecule has 1 aliphatic heterocycles. The predicted molar refractivity (Wildman–Crippen MR) is 78.9 cm³/mol. The first-order valence-electron chi connectivity index (χ1n) is 7.71. The van der Waals surface area contributed by atoms with Gasteiger partial charge in [0.25, 0.3) is 0 Å². The summed E-state index contributed by atoms with van der Waals surface area (Å²) in [6, 6.07) is 0. The Kier molecular flexibility index (Phi) is 5.57. The van der Waals surface area contributed by atoms with Crippen LogP contribution in [0.3, 0.4) is 0 Å². The highest BCUT2D eigenvalue weighted by Gasteiger charge is 2.46. The van der Waals surface area contributed by atoms with Crippen molar-refractivity contribution in [3.63, 3.8) is 0 Å². The molecule has 112 valence electrons. The van der Waals surface area contributed by atoms with E-state index in [4.69, 9.17) is 4.84 Å². The zero-order valence-corrected chi connectivity index (χ0v) is 13.6. The van der Waals surface area contributed by atoms with Crippen LogP contribution >= 0.6 is 0 Å². The number of unbranched alkanes of at least 4 members (excludes halogenated alkanes) is 1. The first-order valence-corrected chi connectivity index (χ1v) is 7.71. The molecule has 1 heterocycles. The van der Waals surface area contributed by atoms with Gasteiger partial charge in [0.05, 0.1) is 6.10 Å². The van der Waals surface area contributed by atoms with E-state index in [0.717, 1.165) is 12.8 Å². The van der Waals surface area contributed by atoms with Crippen LogP contribution in [0.2, 0.25) is 0 Å². The van der Waals surface area contributed by atoms with E-state index in [1.165, 1.54) is 12.8 Å². The minimum Gasteiger partial charge on any atom is -0.300 e. The molecule has 0 aromatic rings. The van der Waals surface area contributed by atoms with Gasteiger partial charge < -0.3 is 0 Å². The molecule has 0 saturated carbocycles. The topological polar surface area (TPSA) is 29.5 Å². The summed E-state index contributed by atoms with van der Waals surface area (Å²) in [5.41, 5.74) is -0.420. The monoisotopic (exact) mass is 269 g/mol. The summed E-state index contributed by atoms with van der Waals surface area (Å²) < 4.78 is 0. The summed E-state index contributed by atoms with van der Waals surface area (Å²) >= 11 is 0. The molecule has 0 bridgehead atoms. The molecule has 3 heteroatoms. The van der Waals surface area contributed by atoms with Gasteiger partial charge in [-0.2, -0.15) is 5.06 Å². The van der Waals surface area contributed by atoms with E-state index >= 15 is 0 Å². The summed E-state index contributed by atoms with van der Waals surface area (Å²) in [5.74, 6) is 0.344. The number of rotatable bonds is 6. The van der Waals surface area contributed by atoms with Gasteiger partial charge in [-0.25, -0.2) is 0 Å². The lowest BCUT2D eigenvalue weighted by atomic mass is 9.81. The number of piperidine rings is 1. The van der Waals surface area contributed by atoms with Crippen LogP contribution < -0.4 is 0 Å². The van der Waals surface area contributed by atoms with E-state index in [9.17, 15) is 4.79 Å². The Morgan fingerprint density at radius 2 is 1.68 bits per heavy atom. The Balaban J connectivity index is 2.79. The zero-order valence-electron chi connectivity index (χ0n) is 13.6. The van der Waals surface area contributed by atoms with E-state index in [1.807, 2.05) is 0 Å². The van der Waals surface area contributed by atoms with Gasteiger partial charge in [-0.1, -0.05) is 26.7 Å². The summed E-state index contributed by atoms with van der Waals surface area (Å²) in [6.07, 6.45) is 5.96. The molecule has 1 atom stereocenters. The minimum atomic E-state index is -0.210. The van der Waals surface area contributed by atoms with Crippen molar-refractivity contribution in [2.24, 2.45) is 0 Å². The number of hydroxylamine groups is 2. The second-order valence-electron chi connectivity index (χ2n) is 7.09. The van der Waals surface area contributed by atoms with Gasteiger partial charge in [-0.15, -0.1) is 0 Å². The highest BCUT2D eigenvalue weighted by atomic mass is 16.7. The fraction of sp³-hybridized carbons (Fsp3) is 0.938. The van der Waals surface area contributed by atoms with Crippen LogP contribution in [0.1, 0.15) is 80.1 Å². The molecule has 1 unspecified atom stereocenters. The van der Waals surface area contributed by atoms with Crippen LogP contribution in [-0.4, -0.2) is 28.0 Å². The number of ketones is 1. The summed E-state index contributed by atoms with van der Waals surface area (Å²) in [6.45, 7) is 12.8. The summed E-state index contributed by atoms with van der Waals surface area (Å²) in [7, 11) is 0. The Labute approximate surface area is 118 Å². The van der Waals surface area contributed by atoms with Crippen molar-refractivity contribution in [1.29, 1.82) is 0 Å². The van der Waals surface area contributed by atoms with Crippen LogP contribution in [0, 0.1) is 0 Å². The van der Waals surface area contributed by atoms with Crippen molar-refractivity contribution < 1.29 is 9.63 Å². The van der Waals surface area contributed by atoms with Gasteiger partial charge in [0.1, 0.15) is 5.78 Å². The molecular formula is C16H31NO2. The van der Waals surface area contributed by atoms with E-state index in [-0.39, 0.29) is 17.2 Å². The third-order valence-electron chi connectivity index (χ3n) is 3.95. The van der Waals surface area contributed by atoms with E-state index in [1.54, 1.807) is 0 Å². The van der Waals surface area contributed by atoms with Crippen LogP contribution in [0.25, 0.3) is 0 Å². The lowest BCUT2D eigenvalue weighted by Gasteiger charge is -2.51.